The molecular weight excluding hydrogens is 152 g/mol. The number of hydrogen-bond donors (Lipinski definition) is 1. The summed E-state index contributed by atoms with van der Waals surface area (Å²) in [5.41, 5.74) is 0. The van der Waals surface area contributed by atoms with Crippen LogP contribution in [-0.2, 0) is 4.74 Å². The van der Waals surface area contributed by atoms with Crippen LogP contribution in [0, 0.1) is 5.92 Å². The summed E-state index contributed by atoms with van der Waals surface area (Å²) in [4.78, 5) is 0. The standard InChI is InChI=1S/C10H22O2/c1-4-9(3)6-7-12-10(5-2)8-11/h9-11H,4-8H2,1-3H3. The zero-order valence-electron chi connectivity index (χ0n) is 8.55. The average molecular weight is 174 g/mol. The summed E-state index contributed by atoms with van der Waals surface area (Å²) in [6.07, 6.45) is 3.26. The van der Waals surface area contributed by atoms with Gasteiger partial charge in [0.1, 0.15) is 0 Å². The number of rotatable bonds is 7. The summed E-state index contributed by atoms with van der Waals surface area (Å²) in [7, 11) is 0. The third kappa shape index (κ3) is 5.56. The van der Waals surface area contributed by atoms with Gasteiger partial charge in [-0.2, -0.15) is 0 Å². The van der Waals surface area contributed by atoms with Gasteiger partial charge in [0.25, 0.3) is 0 Å². The summed E-state index contributed by atoms with van der Waals surface area (Å²) in [5, 5.41) is 8.82. The summed E-state index contributed by atoms with van der Waals surface area (Å²) < 4.78 is 5.46. The van der Waals surface area contributed by atoms with Crippen LogP contribution in [0.3, 0.4) is 0 Å². The van der Waals surface area contributed by atoms with Crippen LogP contribution < -0.4 is 0 Å². The van der Waals surface area contributed by atoms with E-state index in [-0.39, 0.29) is 12.7 Å². The zero-order chi connectivity index (χ0) is 9.40. The fourth-order valence-electron chi connectivity index (χ4n) is 0.940. The predicted octanol–water partition coefficient (Wildman–Crippen LogP) is 2.21. The molecule has 0 aliphatic heterocycles. The molecule has 0 bridgehead atoms. The van der Waals surface area contributed by atoms with Gasteiger partial charge in [0, 0.05) is 6.61 Å². The zero-order valence-corrected chi connectivity index (χ0v) is 8.55. The van der Waals surface area contributed by atoms with Crippen molar-refractivity contribution in [3.8, 4) is 0 Å². The van der Waals surface area contributed by atoms with E-state index < -0.39 is 0 Å². The second kappa shape index (κ2) is 7.56. The van der Waals surface area contributed by atoms with Gasteiger partial charge in [-0.05, 0) is 18.8 Å². The first-order valence-corrected chi connectivity index (χ1v) is 4.97. The molecule has 2 heteroatoms. The second-order valence-electron chi connectivity index (χ2n) is 3.39. The lowest BCUT2D eigenvalue weighted by molar-refractivity contribution is 0.00574. The van der Waals surface area contributed by atoms with E-state index in [4.69, 9.17) is 9.84 Å². The Kier molecular flexibility index (Phi) is 7.51. The molecule has 0 radical (unpaired) electrons. The van der Waals surface area contributed by atoms with Gasteiger partial charge in [0.2, 0.25) is 0 Å². The van der Waals surface area contributed by atoms with E-state index in [1.165, 1.54) is 6.42 Å². The first kappa shape index (κ1) is 11.9. The molecule has 0 aromatic carbocycles. The van der Waals surface area contributed by atoms with E-state index in [0.29, 0.717) is 0 Å². The van der Waals surface area contributed by atoms with E-state index in [1.807, 2.05) is 6.92 Å². The maximum Gasteiger partial charge on any atom is 0.0803 e. The van der Waals surface area contributed by atoms with E-state index in [1.54, 1.807) is 0 Å². The van der Waals surface area contributed by atoms with E-state index in [2.05, 4.69) is 13.8 Å². The molecule has 0 aromatic rings. The molecule has 1 N–H and O–H groups in total. The van der Waals surface area contributed by atoms with Crippen LogP contribution in [0.5, 0.6) is 0 Å². The largest absolute Gasteiger partial charge is 0.394 e. The molecule has 0 spiro atoms. The smallest absolute Gasteiger partial charge is 0.0803 e. The predicted molar refractivity (Wildman–Crippen MR) is 51.2 cm³/mol. The molecule has 0 amide bonds. The van der Waals surface area contributed by atoms with Crippen molar-refractivity contribution in [2.75, 3.05) is 13.2 Å². The minimum Gasteiger partial charge on any atom is -0.394 e. The lowest BCUT2D eigenvalue weighted by Gasteiger charge is -2.14. The van der Waals surface area contributed by atoms with Gasteiger partial charge in [-0.3, -0.25) is 0 Å². The third-order valence-corrected chi connectivity index (χ3v) is 2.32. The Morgan fingerprint density at radius 2 is 1.92 bits per heavy atom. The molecule has 0 saturated carbocycles. The van der Waals surface area contributed by atoms with Gasteiger partial charge in [-0.15, -0.1) is 0 Å². The Labute approximate surface area is 75.9 Å². The van der Waals surface area contributed by atoms with Crippen molar-refractivity contribution in [2.24, 2.45) is 5.92 Å². The van der Waals surface area contributed by atoms with Crippen LogP contribution in [0.4, 0.5) is 0 Å². The summed E-state index contributed by atoms with van der Waals surface area (Å²) >= 11 is 0. The van der Waals surface area contributed by atoms with Gasteiger partial charge in [-0.1, -0.05) is 27.2 Å². The van der Waals surface area contributed by atoms with Crippen molar-refractivity contribution in [3.63, 3.8) is 0 Å². The SMILES string of the molecule is CCC(C)CCOC(CC)CO. The highest BCUT2D eigenvalue weighted by atomic mass is 16.5. The number of ether oxygens (including phenoxy) is 1. The van der Waals surface area contributed by atoms with Crippen molar-refractivity contribution in [2.45, 2.75) is 46.1 Å². The van der Waals surface area contributed by atoms with Crippen molar-refractivity contribution in [3.05, 3.63) is 0 Å². The Balaban J connectivity index is 3.28. The Bertz CT molecular complexity index is 89.8. The molecule has 2 atom stereocenters. The molecule has 0 aliphatic rings. The highest BCUT2D eigenvalue weighted by molar-refractivity contribution is 4.53. The first-order valence-electron chi connectivity index (χ1n) is 4.97. The number of hydrogen-bond acceptors (Lipinski definition) is 2. The second-order valence-corrected chi connectivity index (χ2v) is 3.39. The van der Waals surface area contributed by atoms with E-state index in [9.17, 15) is 0 Å². The van der Waals surface area contributed by atoms with Crippen LogP contribution in [-0.4, -0.2) is 24.4 Å². The van der Waals surface area contributed by atoms with Gasteiger partial charge in [0.15, 0.2) is 0 Å². The molecule has 0 aromatic heterocycles. The molecule has 12 heavy (non-hydrogen) atoms. The van der Waals surface area contributed by atoms with E-state index in [0.717, 1.165) is 25.4 Å². The molecule has 0 aliphatic carbocycles. The maximum absolute atomic E-state index is 8.82. The normalized spacial score (nSPS) is 16.0. The summed E-state index contributed by atoms with van der Waals surface area (Å²) in [5.74, 6) is 0.737. The number of aliphatic hydroxyl groups excluding tert-OH is 1. The number of aliphatic hydroxyl groups is 1. The van der Waals surface area contributed by atoms with E-state index >= 15 is 0 Å². The summed E-state index contributed by atoms with van der Waals surface area (Å²) in [6, 6.07) is 0. The fraction of sp³-hybridized carbons (Fsp3) is 1.00. The molecular formula is C10H22O2. The Hall–Kier alpha value is -0.0800. The highest BCUT2D eigenvalue weighted by Crippen LogP contribution is 2.07. The lowest BCUT2D eigenvalue weighted by atomic mass is 10.1. The Morgan fingerprint density at radius 1 is 1.25 bits per heavy atom. The van der Waals surface area contributed by atoms with Crippen LogP contribution in [0.25, 0.3) is 0 Å². The topological polar surface area (TPSA) is 29.5 Å². The molecule has 0 fully saturated rings. The van der Waals surface area contributed by atoms with Crippen LogP contribution >= 0.6 is 0 Å². The molecule has 2 nitrogen and oxygen atoms in total. The molecule has 0 rings (SSSR count). The Morgan fingerprint density at radius 3 is 2.33 bits per heavy atom. The van der Waals surface area contributed by atoms with Gasteiger partial charge < -0.3 is 9.84 Å². The van der Waals surface area contributed by atoms with Gasteiger partial charge in [0.05, 0.1) is 12.7 Å². The fourth-order valence-corrected chi connectivity index (χ4v) is 0.940. The first-order chi connectivity index (χ1) is 5.74. The minimum atomic E-state index is 0.0501. The van der Waals surface area contributed by atoms with Crippen molar-refractivity contribution in [1.29, 1.82) is 0 Å². The quantitative estimate of drug-likeness (QED) is 0.641. The van der Waals surface area contributed by atoms with Crippen molar-refractivity contribution < 1.29 is 9.84 Å². The van der Waals surface area contributed by atoms with Crippen molar-refractivity contribution >= 4 is 0 Å². The van der Waals surface area contributed by atoms with Crippen LogP contribution in [0.1, 0.15) is 40.0 Å². The minimum absolute atomic E-state index is 0.0501. The molecule has 0 saturated heterocycles. The summed E-state index contributed by atoms with van der Waals surface area (Å²) in [6.45, 7) is 7.38. The lowest BCUT2D eigenvalue weighted by Crippen LogP contribution is -2.17. The molecule has 2 unspecified atom stereocenters. The highest BCUT2D eigenvalue weighted by Gasteiger charge is 2.05. The van der Waals surface area contributed by atoms with Crippen molar-refractivity contribution in [1.82, 2.24) is 0 Å². The molecule has 0 heterocycles. The monoisotopic (exact) mass is 174 g/mol. The van der Waals surface area contributed by atoms with Crippen LogP contribution in [0.2, 0.25) is 0 Å². The van der Waals surface area contributed by atoms with Gasteiger partial charge >= 0.3 is 0 Å². The van der Waals surface area contributed by atoms with Crippen LogP contribution in [0.15, 0.2) is 0 Å². The average Bonchev–Trinajstić information content (AvgIpc) is 2.12. The third-order valence-electron chi connectivity index (χ3n) is 2.32. The maximum atomic E-state index is 8.82. The molecule has 74 valence electrons. The van der Waals surface area contributed by atoms with Gasteiger partial charge in [-0.25, -0.2) is 0 Å².